The lowest BCUT2D eigenvalue weighted by Crippen LogP contribution is -2.51. The van der Waals surface area contributed by atoms with Crippen LogP contribution >= 0.6 is 22.6 Å². The van der Waals surface area contributed by atoms with Crippen molar-refractivity contribution in [1.82, 2.24) is 9.80 Å². The van der Waals surface area contributed by atoms with Gasteiger partial charge in [0, 0.05) is 42.4 Å². The third-order valence-electron chi connectivity index (χ3n) is 3.09. The normalized spacial score (nSPS) is 15.3. The number of anilines is 1. The van der Waals surface area contributed by atoms with Crippen molar-refractivity contribution in [3.63, 3.8) is 0 Å². The number of hydrogen-bond acceptors (Lipinski definition) is 2. The van der Waals surface area contributed by atoms with Crippen LogP contribution < -0.4 is 5.32 Å². The zero-order valence-electron chi connectivity index (χ0n) is 10.7. The second-order valence-corrected chi connectivity index (χ2v) is 5.68. The number of piperazine rings is 1. The Morgan fingerprint density at radius 3 is 2.37 bits per heavy atom. The van der Waals surface area contributed by atoms with E-state index >= 15 is 0 Å². The van der Waals surface area contributed by atoms with E-state index in [9.17, 15) is 9.59 Å². The minimum absolute atomic E-state index is 0.0673. The fourth-order valence-corrected chi connectivity index (χ4v) is 2.54. The molecule has 5 nitrogen and oxygen atoms in total. The summed E-state index contributed by atoms with van der Waals surface area (Å²) >= 11 is 2.21. The van der Waals surface area contributed by atoms with E-state index in [0.717, 1.165) is 9.26 Å². The molecule has 0 atom stereocenters. The molecule has 1 aromatic rings. The molecule has 102 valence electrons. The van der Waals surface area contributed by atoms with Crippen LogP contribution in [0, 0.1) is 3.57 Å². The van der Waals surface area contributed by atoms with Gasteiger partial charge in [-0.05, 0) is 40.8 Å². The number of carbonyl (C=O) groups excluding carboxylic acids is 2. The Morgan fingerprint density at radius 2 is 1.79 bits per heavy atom. The maximum atomic E-state index is 12.1. The molecule has 2 rings (SSSR count). The van der Waals surface area contributed by atoms with Crippen LogP contribution in [-0.4, -0.2) is 47.9 Å². The Hall–Kier alpha value is -1.31. The molecular weight excluding hydrogens is 357 g/mol. The van der Waals surface area contributed by atoms with Crippen molar-refractivity contribution in [3.8, 4) is 0 Å². The average molecular weight is 373 g/mol. The highest BCUT2D eigenvalue weighted by atomic mass is 127. The van der Waals surface area contributed by atoms with Crippen LogP contribution in [0.3, 0.4) is 0 Å². The van der Waals surface area contributed by atoms with Crippen molar-refractivity contribution in [2.75, 3.05) is 31.5 Å². The zero-order valence-corrected chi connectivity index (χ0v) is 12.9. The highest BCUT2D eigenvalue weighted by Gasteiger charge is 2.22. The fraction of sp³-hybridized carbons (Fsp3) is 0.385. The molecule has 0 saturated carbocycles. The van der Waals surface area contributed by atoms with Crippen molar-refractivity contribution < 1.29 is 9.59 Å². The molecule has 19 heavy (non-hydrogen) atoms. The third kappa shape index (κ3) is 3.82. The van der Waals surface area contributed by atoms with Crippen molar-refractivity contribution in [3.05, 3.63) is 27.8 Å². The molecule has 6 heteroatoms. The Labute approximate surface area is 126 Å². The third-order valence-corrected chi connectivity index (χ3v) is 3.76. The van der Waals surface area contributed by atoms with Gasteiger partial charge in [0.05, 0.1) is 0 Å². The number of hydrogen-bond donors (Lipinski definition) is 1. The summed E-state index contributed by atoms with van der Waals surface area (Å²) in [4.78, 5) is 26.8. The van der Waals surface area contributed by atoms with Crippen molar-refractivity contribution in [2.24, 2.45) is 0 Å². The van der Waals surface area contributed by atoms with Gasteiger partial charge in [-0.1, -0.05) is 6.07 Å². The summed E-state index contributed by atoms with van der Waals surface area (Å²) in [7, 11) is 0. The number of benzene rings is 1. The molecule has 3 amide bonds. The first-order chi connectivity index (χ1) is 9.06. The number of urea groups is 1. The minimum Gasteiger partial charge on any atom is -0.339 e. The van der Waals surface area contributed by atoms with Gasteiger partial charge in [-0.3, -0.25) is 4.79 Å². The molecule has 0 bridgehead atoms. The number of halogens is 1. The lowest BCUT2D eigenvalue weighted by molar-refractivity contribution is -0.130. The quantitative estimate of drug-likeness (QED) is 0.766. The van der Waals surface area contributed by atoms with Gasteiger partial charge in [-0.15, -0.1) is 0 Å². The molecule has 1 saturated heterocycles. The first-order valence-corrected chi connectivity index (χ1v) is 7.21. The van der Waals surface area contributed by atoms with Crippen LogP contribution in [-0.2, 0) is 4.79 Å². The van der Waals surface area contributed by atoms with Crippen molar-refractivity contribution >= 4 is 40.2 Å². The Morgan fingerprint density at radius 1 is 1.16 bits per heavy atom. The SMILES string of the molecule is CC(=O)N1CCN(C(=O)Nc2cccc(I)c2)CC1. The zero-order chi connectivity index (χ0) is 13.8. The van der Waals surface area contributed by atoms with Gasteiger partial charge in [0.25, 0.3) is 0 Å². The lowest BCUT2D eigenvalue weighted by Gasteiger charge is -2.34. The predicted octanol–water partition coefficient (Wildman–Crippen LogP) is 1.99. The molecule has 1 aromatic carbocycles. The van der Waals surface area contributed by atoms with E-state index in [2.05, 4.69) is 27.9 Å². The Balaban J connectivity index is 1.90. The highest BCUT2D eigenvalue weighted by Crippen LogP contribution is 2.13. The van der Waals surface area contributed by atoms with Crippen LogP contribution in [0.4, 0.5) is 10.5 Å². The number of carbonyl (C=O) groups is 2. The van der Waals surface area contributed by atoms with E-state index in [4.69, 9.17) is 0 Å². The molecule has 0 unspecified atom stereocenters. The van der Waals surface area contributed by atoms with E-state index in [1.807, 2.05) is 24.3 Å². The molecule has 1 fully saturated rings. The van der Waals surface area contributed by atoms with Gasteiger partial charge in [0.15, 0.2) is 0 Å². The van der Waals surface area contributed by atoms with Crippen LogP contribution in [0.2, 0.25) is 0 Å². The van der Waals surface area contributed by atoms with Gasteiger partial charge < -0.3 is 15.1 Å². The summed E-state index contributed by atoms with van der Waals surface area (Å²) < 4.78 is 1.08. The van der Waals surface area contributed by atoms with Crippen LogP contribution in [0.15, 0.2) is 24.3 Å². The van der Waals surface area contributed by atoms with Gasteiger partial charge in [-0.2, -0.15) is 0 Å². The number of nitrogens with one attached hydrogen (secondary N) is 1. The maximum absolute atomic E-state index is 12.1. The van der Waals surface area contributed by atoms with Gasteiger partial charge >= 0.3 is 6.03 Å². The fourth-order valence-electron chi connectivity index (χ4n) is 1.99. The lowest BCUT2D eigenvalue weighted by atomic mass is 10.3. The summed E-state index contributed by atoms with van der Waals surface area (Å²) in [5.41, 5.74) is 0.797. The van der Waals surface area contributed by atoms with Crippen LogP contribution in [0.5, 0.6) is 0 Å². The van der Waals surface area contributed by atoms with E-state index in [-0.39, 0.29) is 11.9 Å². The molecule has 1 aliphatic rings. The second-order valence-electron chi connectivity index (χ2n) is 4.43. The molecule has 1 heterocycles. The molecule has 0 aliphatic carbocycles. The van der Waals surface area contributed by atoms with Crippen molar-refractivity contribution in [1.29, 1.82) is 0 Å². The number of amides is 3. The topological polar surface area (TPSA) is 52.7 Å². The highest BCUT2D eigenvalue weighted by molar-refractivity contribution is 14.1. The largest absolute Gasteiger partial charge is 0.339 e. The predicted molar refractivity (Wildman–Crippen MR) is 82.0 cm³/mol. The summed E-state index contributed by atoms with van der Waals surface area (Å²) in [6, 6.07) is 7.56. The van der Waals surface area contributed by atoms with E-state index in [0.29, 0.717) is 26.2 Å². The summed E-state index contributed by atoms with van der Waals surface area (Å²) in [5.74, 6) is 0.0673. The minimum atomic E-state index is -0.106. The van der Waals surface area contributed by atoms with Crippen molar-refractivity contribution in [2.45, 2.75) is 6.92 Å². The van der Waals surface area contributed by atoms with Gasteiger partial charge in [0.2, 0.25) is 5.91 Å². The van der Waals surface area contributed by atoms with E-state index < -0.39 is 0 Å². The molecule has 0 radical (unpaired) electrons. The molecular formula is C13H16IN3O2. The van der Waals surface area contributed by atoms with Crippen LogP contribution in [0.1, 0.15) is 6.92 Å². The number of rotatable bonds is 1. The smallest absolute Gasteiger partial charge is 0.321 e. The first-order valence-electron chi connectivity index (χ1n) is 6.13. The molecule has 0 aromatic heterocycles. The van der Waals surface area contributed by atoms with Gasteiger partial charge in [0.1, 0.15) is 0 Å². The monoisotopic (exact) mass is 373 g/mol. The van der Waals surface area contributed by atoms with E-state index in [1.165, 1.54) is 0 Å². The summed E-state index contributed by atoms with van der Waals surface area (Å²) in [5, 5.41) is 2.88. The average Bonchev–Trinajstić information content (AvgIpc) is 2.39. The van der Waals surface area contributed by atoms with Gasteiger partial charge in [-0.25, -0.2) is 4.79 Å². The molecule has 1 N–H and O–H groups in total. The molecule has 0 spiro atoms. The Bertz CT molecular complexity index is 485. The standard InChI is InChI=1S/C13H16IN3O2/c1-10(18)16-5-7-17(8-6-16)13(19)15-12-4-2-3-11(14)9-12/h2-4,9H,5-8H2,1H3,(H,15,19). The summed E-state index contributed by atoms with van der Waals surface area (Å²) in [6.45, 7) is 3.93. The maximum Gasteiger partial charge on any atom is 0.321 e. The van der Waals surface area contributed by atoms with Crippen LogP contribution in [0.25, 0.3) is 0 Å². The van der Waals surface area contributed by atoms with E-state index in [1.54, 1.807) is 16.7 Å². The second kappa shape index (κ2) is 6.23. The Kier molecular flexibility index (Phi) is 4.62. The first kappa shape index (κ1) is 14.1. The summed E-state index contributed by atoms with van der Waals surface area (Å²) in [6.07, 6.45) is 0. The molecule has 1 aliphatic heterocycles. The number of nitrogens with zero attached hydrogens (tertiary/aromatic N) is 2.